The van der Waals surface area contributed by atoms with E-state index in [4.69, 9.17) is 18.9 Å². The Bertz CT molecular complexity index is 825. The maximum atomic E-state index is 12.9. The van der Waals surface area contributed by atoms with E-state index < -0.39 is 47.0 Å². The van der Waals surface area contributed by atoms with Crippen LogP contribution in [-0.4, -0.2) is 91.7 Å². The average molecular weight is 546 g/mol. The zero-order chi connectivity index (χ0) is 29.7. The molecule has 0 unspecified atom stereocenters. The molecular weight excluding hydrogens is 498 g/mol. The highest BCUT2D eigenvalue weighted by atomic mass is 16.6. The Morgan fingerprint density at radius 2 is 1.37 bits per heavy atom. The Hall–Kier alpha value is -3.09. The Balaban J connectivity index is 5.77. The maximum Gasteiger partial charge on any atom is 0.417 e. The van der Waals surface area contributed by atoms with Crippen molar-refractivity contribution >= 4 is 30.1 Å². The molecule has 0 saturated carbocycles. The summed E-state index contributed by atoms with van der Waals surface area (Å²) in [7, 11) is 2.93. The fourth-order valence-corrected chi connectivity index (χ4v) is 2.74. The number of hydrogen-bond acceptors (Lipinski definition) is 9. The van der Waals surface area contributed by atoms with Crippen LogP contribution >= 0.6 is 0 Å². The summed E-state index contributed by atoms with van der Waals surface area (Å²) >= 11 is 0. The van der Waals surface area contributed by atoms with Gasteiger partial charge in [-0.15, -0.1) is 0 Å². The number of aliphatic imine (C=N–C) groups is 1. The zero-order valence-electron chi connectivity index (χ0n) is 24.8. The predicted molar refractivity (Wildman–Crippen MR) is 143 cm³/mol. The fraction of sp³-hybridized carbons (Fsp3) is 0.800. The van der Waals surface area contributed by atoms with Crippen LogP contribution in [-0.2, 0) is 23.7 Å². The second-order valence-corrected chi connectivity index (χ2v) is 11.4. The molecule has 38 heavy (non-hydrogen) atoms. The molecule has 13 heteroatoms. The Labute approximate surface area is 226 Å². The third-order valence-corrected chi connectivity index (χ3v) is 4.17. The van der Waals surface area contributed by atoms with E-state index in [-0.39, 0.29) is 32.1 Å². The fourth-order valence-electron chi connectivity index (χ4n) is 2.74. The van der Waals surface area contributed by atoms with E-state index in [2.05, 4.69) is 20.9 Å². The van der Waals surface area contributed by atoms with Crippen LogP contribution in [0.2, 0.25) is 0 Å². The number of ether oxygens (including phenoxy) is 4. The minimum atomic E-state index is -0.872. The largest absolute Gasteiger partial charge is 0.444 e. The number of nitrogens with zero attached hydrogens (tertiary/aromatic N) is 2. The van der Waals surface area contributed by atoms with Gasteiger partial charge < -0.3 is 29.6 Å². The maximum absolute atomic E-state index is 12.9. The standard InChI is InChI=1S/C25H47N5O8/c1-23(2,3)36-20(32)28-17(18(31)26-10)13-12-14-27-19(29-21(33)37-24(4,5)6)30(15-16-35-11)22(34)38-25(7,8)9/h17H,12-16H2,1-11H3,(H,26,31)(H,28,32)(H,27,29,33)/t17-/m0/s1. The first-order chi connectivity index (χ1) is 17.3. The predicted octanol–water partition coefficient (Wildman–Crippen LogP) is 3.17. The number of methoxy groups -OCH3 is 1. The molecule has 13 nitrogen and oxygen atoms in total. The number of guanidine groups is 1. The van der Waals surface area contributed by atoms with E-state index in [0.29, 0.717) is 6.42 Å². The first-order valence-corrected chi connectivity index (χ1v) is 12.5. The minimum absolute atomic E-state index is 0.0428. The number of carbonyl (C=O) groups excluding carboxylic acids is 4. The van der Waals surface area contributed by atoms with Crippen molar-refractivity contribution < 1.29 is 38.1 Å². The van der Waals surface area contributed by atoms with Gasteiger partial charge in [0.1, 0.15) is 22.8 Å². The van der Waals surface area contributed by atoms with Crippen LogP contribution in [0.5, 0.6) is 0 Å². The van der Waals surface area contributed by atoms with Crippen LogP contribution in [0.1, 0.15) is 75.2 Å². The highest BCUT2D eigenvalue weighted by molar-refractivity contribution is 6.01. The van der Waals surface area contributed by atoms with E-state index in [9.17, 15) is 19.2 Å². The molecule has 0 aromatic rings. The van der Waals surface area contributed by atoms with Gasteiger partial charge in [0, 0.05) is 20.7 Å². The van der Waals surface area contributed by atoms with Crippen molar-refractivity contribution in [1.82, 2.24) is 20.9 Å². The third-order valence-electron chi connectivity index (χ3n) is 4.17. The summed E-state index contributed by atoms with van der Waals surface area (Å²) in [6.45, 7) is 15.7. The molecule has 4 amide bonds. The zero-order valence-corrected chi connectivity index (χ0v) is 24.8. The molecule has 1 atom stereocenters. The molecule has 0 bridgehead atoms. The van der Waals surface area contributed by atoms with E-state index in [0.717, 1.165) is 4.90 Å². The molecule has 0 fully saturated rings. The van der Waals surface area contributed by atoms with Gasteiger partial charge in [0.05, 0.1) is 13.2 Å². The number of alkyl carbamates (subject to hydrolysis) is 2. The molecule has 0 saturated heterocycles. The highest BCUT2D eigenvalue weighted by Gasteiger charge is 2.29. The molecular formula is C25H47N5O8. The second-order valence-electron chi connectivity index (χ2n) is 11.4. The Morgan fingerprint density at radius 3 is 1.84 bits per heavy atom. The number of amides is 4. The lowest BCUT2D eigenvalue weighted by Gasteiger charge is -2.28. The van der Waals surface area contributed by atoms with Gasteiger partial charge in [-0.1, -0.05) is 0 Å². The molecule has 0 heterocycles. The number of carbonyl (C=O) groups is 4. The van der Waals surface area contributed by atoms with Gasteiger partial charge in [0.2, 0.25) is 11.9 Å². The third kappa shape index (κ3) is 16.6. The summed E-state index contributed by atoms with van der Waals surface area (Å²) in [6.07, 6.45) is -1.74. The molecule has 0 radical (unpaired) electrons. The van der Waals surface area contributed by atoms with Gasteiger partial charge in [-0.25, -0.2) is 19.3 Å². The van der Waals surface area contributed by atoms with E-state index in [1.54, 1.807) is 62.3 Å². The molecule has 0 aromatic heterocycles. The number of rotatable bonds is 9. The molecule has 3 N–H and O–H groups in total. The van der Waals surface area contributed by atoms with Gasteiger partial charge in [-0.3, -0.25) is 15.1 Å². The summed E-state index contributed by atoms with van der Waals surface area (Å²) in [5, 5.41) is 7.58. The Kier molecular flexibility index (Phi) is 14.1. The smallest absolute Gasteiger partial charge is 0.417 e. The average Bonchev–Trinajstić information content (AvgIpc) is 2.71. The lowest BCUT2D eigenvalue weighted by molar-refractivity contribution is -0.122. The minimum Gasteiger partial charge on any atom is -0.444 e. The SMILES string of the molecule is CNC(=O)[C@H](CCCN=C(NC(=O)OC(C)(C)C)N(CCOC)C(=O)OC(C)(C)C)NC(=O)OC(C)(C)C. The van der Waals surface area contributed by atoms with E-state index in [1.165, 1.54) is 14.2 Å². The van der Waals surface area contributed by atoms with Crippen molar-refractivity contribution in [1.29, 1.82) is 0 Å². The number of hydrogen-bond donors (Lipinski definition) is 3. The molecule has 220 valence electrons. The highest BCUT2D eigenvalue weighted by Crippen LogP contribution is 2.12. The molecule has 0 aliphatic heterocycles. The van der Waals surface area contributed by atoms with Crippen LogP contribution in [0.15, 0.2) is 4.99 Å². The van der Waals surface area contributed by atoms with E-state index in [1.807, 2.05) is 0 Å². The summed E-state index contributed by atoms with van der Waals surface area (Å²) in [5.74, 6) is -0.496. The van der Waals surface area contributed by atoms with Gasteiger partial charge in [0.15, 0.2) is 0 Å². The lowest BCUT2D eigenvalue weighted by Crippen LogP contribution is -2.51. The quantitative estimate of drug-likeness (QED) is 0.173. The number of nitrogens with one attached hydrogen (secondary N) is 3. The van der Waals surface area contributed by atoms with Crippen molar-refractivity contribution in [3.8, 4) is 0 Å². The number of likely N-dealkylation sites (N-methyl/N-ethyl adjacent to an activating group) is 1. The van der Waals surface area contributed by atoms with Crippen molar-refractivity contribution in [2.45, 2.75) is 98.0 Å². The topological polar surface area (TPSA) is 157 Å². The van der Waals surface area contributed by atoms with Gasteiger partial charge in [0.25, 0.3) is 0 Å². The summed E-state index contributed by atoms with van der Waals surface area (Å²) < 4.78 is 21.1. The van der Waals surface area contributed by atoms with E-state index >= 15 is 0 Å². The van der Waals surface area contributed by atoms with Gasteiger partial charge >= 0.3 is 18.3 Å². The van der Waals surface area contributed by atoms with Crippen LogP contribution < -0.4 is 16.0 Å². The first kappa shape index (κ1) is 34.9. The van der Waals surface area contributed by atoms with Crippen LogP contribution in [0.4, 0.5) is 14.4 Å². The monoisotopic (exact) mass is 545 g/mol. The van der Waals surface area contributed by atoms with Crippen molar-refractivity contribution in [2.24, 2.45) is 4.99 Å². The normalized spacial score (nSPS) is 13.2. The molecule has 0 aliphatic rings. The first-order valence-electron chi connectivity index (χ1n) is 12.5. The van der Waals surface area contributed by atoms with Crippen molar-refractivity contribution in [2.75, 3.05) is 33.9 Å². The van der Waals surface area contributed by atoms with Crippen LogP contribution in [0.25, 0.3) is 0 Å². The van der Waals surface area contributed by atoms with Gasteiger partial charge in [-0.2, -0.15) is 0 Å². The molecule has 0 aliphatic carbocycles. The summed E-state index contributed by atoms with van der Waals surface area (Å²) in [4.78, 5) is 55.5. The molecule has 0 aromatic carbocycles. The molecule has 0 rings (SSSR count). The second kappa shape index (κ2) is 15.4. The van der Waals surface area contributed by atoms with Crippen molar-refractivity contribution in [3.05, 3.63) is 0 Å². The molecule has 0 spiro atoms. The Morgan fingerprint density at radius 1 is 0.842 bits per heavy atom. The van der Waals surface area contributed by atoms with Crippen molar-refractivity contribution in [3.63, 3.8) is 0 Å². The van der Waals surface area contributed by atoms with Crippen LogP contribution in [0.3, 0.4) is 0 Å². The van der Waals surface area contributed by atoms with Gasteiger partial charge in [-0.05, 0) is 75.2 Å². The van der Waals surface area contributed by atoms with Crippen LogP contribution in [0, 0.1) is 0 Å². The summed E-state index contributed by atoms with van der Waals surface area (Å²) in [5.41, 5.74) is -2.31. The lowest BCUT2D eigenvalue weighted by atomic mass is 10.1. The summed E-state index contributed by atoms with van der Waals surface area (Å²) in [6, 6.07) is -0.872.